The average Bonchev–Trinajstić information content (AvgIpc) is 3.64. The maximum absolute atomic E-state index is 13.7. The lowest BCUT2D eigenvalue weighted by atomic mass is 9.81. The SMILES string of the molecule is CCCCC[N+]1=C(C=CC2=C(N(C)C(=O)OC(C)(C)C)C(=CC=C3N(CCCCS(=O)(=O)[O-])c4ccc(Cl)cc4C3(C)C)CC2)C(C)(C)c2cc(Cl)ccc21. The Morgan fingerprint density at radius 3 is 2.27 bits per heavy atom. The number of ether oxygens (including phenoxy) is 1. The Morgan fingerprint density at radius 1 is 0.945 bits per heavy atom. The predicted molar refractivity (Wildman–Crippen MR) is 225 cm³/mol. The van der Waals surface area contributed by atoms with Gasteiger partial charge in [-0.25, -0.2) is 13.2 Å². The minimum Gasteiger partial charge on any atom is -0.748 e. The summed E-state index contributed by atoms with van der Waals surface area (Å²) < 4.78 is 42.3. The second kappa shape index (κ2) is 16.6. The first kappa shape index (κ1) is 42.8. The van der Waals surface area contributed by atoms with Crippen LogP contribution >= 0.6 is 23.2 Å². The van der Waals surface area contributed by atoms with E-state index in [0.717, 1.165) is 77.5 Å². The molecule has 2 aliphatic heterocycles. The van der Waals surface area contributed by atoms with E-state index < -0.39 is 33.0 Å². The van der Waals surface area contributed by atoms with Crippen LogP contribution in [0.5, 0.6) is 0 Å². The molecular weight excluding hydrogens is 753 g/mol. The lowest BCUT2D eigenvalue weighted by Crippen LogP contribution is -2.34. The Labute approximate surface area is 339 Å². The van der Waals surface area contributed by atoms with Crippen molar-refractivity contribution in [1.82, 2.24) is 4.90 Å². The fourth-order valence-corrected chi connectivity index (χ4v) is 9.00. The van der Waals surface area contributed by atoms with Gasteiger partial charge in [-0.1, -0.05) is 62.5 Å². The molecule has 55 heavy (non-hydrogen) atoms. The smallest absolute Gasteiger partial charge is 0.414 e. The number of rotatable bonds is 13. The molecule has 1 aliphatic carbocycles. The van der Waals surface area contributed by atoms with Gasteiger partial charge < -0.3 is 14.2 Å². The highest BCUT2D eigenvalue weighted by molar-refractivity contribution is 7.85. The van der Waals surface area contributed by atoms with Gasteiger partial charge >= 0.3 is 6.09 Å². The molecule has 0 saturated heterocycles. The van der Waals surface area contributed by atoms with Crippen molar-refractivity contribution in [2.24, 2.45) is 0 Å². The number of benzene rings is 2. The van der Waals surface area contributed by atoms with Gasteiger partial charge in [-0.15, -0.1) is 0 Å². The number of carbonyl (C=O) groups excluding carboxylic acids is 1. The Balaban J connectivity index is 1.59. The normalized spacial score (nSPS) is 19.3. The van der Waals surface area contributed by atoms with Crippen LogP contribution in [0.4, 0.5) is 16.2 Å². The highest BCUT2D eigenvalue weighted by Crippen LogP contribution is 2.49. The first-order chi connectivity index (χ1) is 25.7. The number of nitrogens with zero attached hydrogens (tertiary/aromatic N) is 3. The van der Waals surface area contributed by atoms with E-state index in [9.17, 15) is 17.8 Å². The second-order valence-corrected chi connectivity index (χ2v) is 19.3. The van der Waals surface area contributed by atoms with Gasteiger partial charge in [0.25, 0.3) is 0 Å². The van der Waals surface area contributed by atoms with Crippen molar-refractivity contribution >= 4 is 56.5 Å². The molecule has 0 atom stereocenters. The number of amides is 1. The Hall–Kier alpha value is -3.37. The first-order valence-corrected chi connectivity index (χ1v) is 21.7. The van der Waals surface area contributed by atoms with Crippen LogP contribution in [-0.4, -0.2) is 65.7 Å². The zero-order chi connectivity index (χ0) is 40.5. The number of anilines is 1. The Kier molecular flexibility index (Phi) is 12.9. The summed E-state index contributed by atoms with van der Waals surface area (Å²) in [4.78, 5) is 17.5. The maximum Gasteiger partial charge on any atom is 0.414 e. The molecule has 8 nitrogen and oxygen atoms in total. The summed E-state index contributed by atoms with van der Waals surface area (Å²) in [5, 5.41) is 1.36. The van der Waals surface area contributed by atoms with E-state index in [1.807, 2.05) is 45.0 Å². The van der Waals surface area contributed by atoms with Crippen molar-refractivity contribution < 1.29 is 27.1 Å². The molecule has 0 aromatic heterocycles. The summed E-state index contributed by atoms with van der Waals surface area (Å²) >= 11 is 13.0. The standard InChI is InChI=1S/C44H57Cl2N3O5S/c1-10-11-12-25-48-36-21-19-32(45)28-34(36)43(5,6)38(48)23-17-30-15-16-31(40(30)47(9)41(50)54-42(2,3)4)18-24-39-44(7,8)35-29-33(46)20-22-37(35)49(39)26-13-14-27-55(51,52)53/h17-24,28-29H,10-16,25-27H2,1-9H3. The zero-order valence-electron chi connectivity index (χ0n) is 33.9. The van der Waals surface area contributed by atoms with Crippen LogP contribution < -0.4 is 4.90 Å². The van der Waals surface area contributed by atoms with Gasteiger partial charge in [0, 0.05) is 70.3 Å². The number of unbranched alkanes of at least 4 members (excludes halogenated alkanes) is 3. The summed E-state index contributed by atoms with van der Waals surface area (Å²) in [6, 6.07) is 12.0. The Bertz CT molecular complexity index is 2090. The van der Waals surface area contributed by atoms with Gasteiger partial charge in [-0.05, 0) is 120 Å². The molecule has 0 unspecified atom stereocenters. The van der Waals surface area contributed by atoms with E-state index in [0.29, 0.717) is 18.0 Å². The van der Waals surface area contributed by atoms with Crippen LogP contribution in [0, 0.1) is 0 Å². The molecule has 2 heterocycles. The number of allylic oxidation sites excluding steroid dienone is 7. The van der Waals surface area contributed by atoms with Crippen molar-refractivity contribution in [2.45, 2.75) is 117 Å². The van der Waals surface area contributed by atoms with Gasteiger partial charge in [-0.2, -0.15) is 4.58 Å². The molecule has 0 fully saturated rings. The van der Waals surface area contributed by atoms with Crippen molar-refractivity contribution in [1.29, 1.82) is 0 Å². The lowest BCUT2D eigenvalue weighted by Gasteiger charge is -2.28. The molecule has 3 aliphatic rings. The number of hydrogen-bond donors (Lipinski definition) is 0. The van der Waals surface area contributed by atoms with E-state index >= 15 is 0 Å². The molecule has 0 radical (unpaired) electrons. The number of fused-ring (bicyclic) bond motifs is 2. The quantitative estimate of drug-likeness (QED) is 0.114. The molecule has 2 aromatic carbocycles. The topological polar surface area (TPSA) is 93.0 Å². The summed E-state index contributed by atoms with van der Waals surface area (Å²) in [5.41, 5.74) is 8.17. The van der Waals surface area contributed by atoms with E-state index in [1.54, 1.807) is 11.9 Å². The van der Waals surface area contributed by atoms with Crippen LogP contribution in [-0.2, 0) is 25.7 Å². The van der Waals surface area contributed by atoms with Crippen LogP contribution in [0.1, 0.15) is 111 Å². The number of hydrogen-bond acceptors (Lipinski definition) is 6. The number of likely N-dealkylation sites (N-methyl/N-ethyl adjacent to an activating group) is 1. The van der Waals surface area contributed by atoms with Crippen LogP contribution in [0.2, 0.25) is 10.0 Å². The van der Waals surface area contributed by atoms with Gasteiger partial charge in [0.1, 0.15) is 12.1 Å². The van der Waals surface area contributed by atoms with E-state index in [-0.39, 0.29) is 11.8 Å². The molecule has 0 N–H and O–H groups in total. The highest BCUT2D eigenvalue weighted by Gasteiger charge is 2.45. The lowest BCUT2D eigenvalue weighted by molar-refractivity contribution is -0.438. The fraction of sp³-hybridized carbons (Fsp3) is 0.500. The molecule has 5 rings (SSSR count). The summed E-state index contributed by atoms with van der Waals surface area (Å²) in [6.45, 7) is 18.1. The summed E-state index contributed by atoms with van der Waals surface area (Å²) in [6.07, 6.45) is 13.8. The second-order valence-electron chi connectivity index (χ2n) is 16.9. The number of carbonyl (C=O) groups is 1. The Morgan fingerprint density at radius 2 is 1.62 bits per heavy atom. The van der Waals surface area contributed by atoms with Crippen molar-refractivity contribution in [3.8, 4) is 0 Å². The molecule has 298 valence electrons. The molecule has 0 bridgehead atoms. The molecule has 0 spiro atoms. The summed E-state index contributed by atoms with van der Waals surface area (Å²) in [7, 11) is -2.52. The van der Waals surface area contributed by atoms with Crippen LogP contribution in [0.15, 0.2) is 83.2 Å². The molecule has 0 saturated carbocycles. The zero-order valence-corrected chi connectivity index (χ0v) is 36.2. The molecule has 1 amide bonds. The maximum atomic E-state index is 13.7. The third-order valence-electron chi connectivity index (χ3n) is 10.9. The third-order valence-corrected chi connectivity index (χ3v) is 12.1. The average molecular weight is 811 g/mol. The molecule has 11 heteroatoms. The van der Waals surface area contributed by atoms with Gasteiger partial charge in [0.15, 0.2) is 5.71 Å². The van der Waals surface area contributed by atoms with Crippen LogP contribution in [0.25, 0.3) is 0 Å². The monoisotopic (exact) mass is 809 g/mol. The summed E-state index contributed by atoms with van der Waals surface area (Å²) in [5.74, 6) is -0.394. The first-order valence-electron chi connectivity index (χ1n) is 19.4. The third kappa shape index (κ3) is 9.61. The van der Waals surface area contributed by atoms with Gasteiger partial charge in [-0.3, -0.25) is 4.90 Å². The van der Waals surface area contributed by atoms with Crippen LogP contribution in [0.3, 0.4) is 0 Å². The predicted octanol–water partition coefficient (Wildman–Crippen LogP) is 11.0. The largest absolute Gasteiger partial charge is 0.748 e. The fourth-order valence-electron chi connectivity index (χ4n) is 8.09. The minimum absolute atomic E-state index is 0.271. The molecular formula is C44H57Cl2N3O5S. The van der Waals surface area contributed by atoms with E-state index in [4.69, 9.17) is 27.9 Å². The highest BCUT2D eigenvalue weighted by atomic mass is 35.5. The van der Waals surface area contributed by atoms with Crippen molar-refractivity contribution in [3.05, 3.63) is 104 Å². The van der Waals surface area contributed by atoms with E-state index in [2.05, 4.69) is 80.5 Å². The van der Waals surface area contributed by atoms with Crippen molar-refractivity contribution in [3.63, 3.8) is 0 Å². The van der Waals surface area contributed by atoms with Gasteiger partial charge in [0.05, 0.1) is 21.2 Å². The van der Waals surface area contributed by atoms with Gasteiger partial charge in [0.2, 0.25) is 5.69 Å². The molecule has 2 aromatic rings. The number of halogens is 2. The van der Waals surface area contributed by atoms with Crippen molar-refractivity contribution in [2.75, 3.05) is 30.8 Å². The minimum atomic E-state index is -4.30. The van der Waals surface area contributed by atoms with E-state index in [1.165, 1.54) is 17.0 Å².